The number of methoxy groups -OCH3 is 1. The second-order valence-corrected chi connectivity index (χ2v) is 6.71. The Kier molecular flexibility index (Phi) is 6.53. The third-order valence-electron chi connectivity index (χ3n) is 3.14. The molecule has 0 unspecified atom stereocenters. The molecule has 8 nitrogen and oxygen atoms in total. The highest BCUT2D eigenvalue weighted by Crippen LogP contribution is 2.22. The van der Waals surface area contributed by atoms with Gasteiger partial charge in [-0.25, -0.2) is 9.78 Å². The average Bonchev–Trinajstić information content (AvgIpc) is 2.95. The van der Waals surface area contributed by atoms with Crippen molar-refractivity contribution < 1.29 is 23.9 Å². The molecule has 1 heterocycles. The monoisotopic (exact) mass is 397 g/mol. The second-order valence-electron chi connectivity index (χ2n) is 5.07. The van der Waals surface area contributed by atoms with E-state index < -0.39 is 24.4 Å². The molecular formula is C16H16ClN3O5S. The highest BCUT2D eigenvalue weighted by atomic mass is 35.5. The minimum atomic E-state index is -0.702. The van der Waals surface area contributed by atoms with Gasteiger partial charge in [-0.1, -0.05) is 11.6 Å². The van der Waals surface area contributed by atoms with Crippen LogP contribution in [0, 0.1) is 13.8 Å². The SMILES string of the molecule is COc1ccc(Cl)cc1C(=O)NNC(=O)COC(=O)c1sc(C)nc1C. The van der Waals surface area contributed by atoms with Crippen LogP contribution in [0.15, 0.2) is 18.2 Å². The first kappa shape index (κ1) is 19.7. The van der Waals surface area contributed by atoms with E-state index in [9.17, 15) is 14.4 Å². The van der Waals surface area contributed by atoms with Gasteiger partial charge in [-0.05, 0) is 32.0 Å². The number of benzene rings is 1. The van der Waals surface area contributed by atoms with Crippen molar-refractivity contribution in [1.82, 2.24) is 15.8 Å². The van der Waals surface area contributed by atoms with Crippen LogP contribution in [0.5, 0.6) is 5.75 Å². The second kappa shape index (κ2) is 8.63. The minimum absolute atomic E-state index is 0.146. The largest absolute Gasteiger partial charge is 0.496 e. The molecule has 0 aliphatic rings. The van der Waals surface area contributed by atoms with Crippen molar-refractivity contribution in [2.45, 2.75) is 13.8 Å². The Hall–Kier alpha value is -2.65. The lowest BCUT2D eigenvalue weighted by atomic mass is 10.2. The fraction of sp³-hybridized carbons (Fsp3) is 0.250. The lowest BCUT2D eigenvalue weighted by Crippen LogP contribution is -2.43. The first-order valence-corrected chi connectivity index (χ1v) is 8.55. The molecule has 10 heteroatoms. The van der Waals surface area contributed by atoms with E-state index in [1.807, 2.05) is 0 Å². The van der Waals surface area contributed by atoms with Crippen molar-refractivity contribution in [3.05, 3.63) is 44.4 Å². The van der Waals surface area contributed by atoms with Crippen LogP contribution in [-0.2, 0) is 9.53 Å². The maximum atomic E-state index is 12.1. The van der Waals surface area contributed by atoms with Crippen molar-refractivity contribution in [3.63, 3.8) is 0 Å². The highest BCUT2D eigenvalue weighted by molar-refractivity contribution is 7.13. The van der Waals surface area contributed by atoms with Crippen molar-refractivity contribution in [2.24, 2.45) is 0 Å². The summed E-state index contributed by atoms with van der Waals surface area (Å²) >= 11 is 7.03. The summed E-state index contributed by atoms with van der Waals surface area (Å²) in [6, 6.07) is 4.50. The van der Waals surface area contributed by atoms with Gasteiger partial charge in [0.1, 0.15) is 10.6 Å². The number of esters is 1. The Morgan fingerprint density at radius 1 is 1.23 bits per heavy atom. The van der Waals surface area contributed by atoms with Gasteiger partial charge in [-0.3, -0.25) is 20.4 Å². The molecular weight excluding hydrogens is 382 g/mol. The van der Waals surface area contributed by atoms with Crippen LogP contribution in [0.25, 0.3) is 0 Å². The van der Waals surface area contributed by atoms with Crippen molar-refractivity contribution >= 4 is 40.7 Å². The molecule has 0 atom stereocenters. The molecule has 0 bridgehead atoms. The van der Waals surface area contributed by atoms with Crippen LogP contribution in [0.3, 0.4) is 0 Å². The molecule has 0 aliphatic heterocycles. The molecule has 138 valence electrons. The zero-order chi connectivity index (χ0) is 19.3. The molecule has 0 spiro atoms. The van der Waals surface area contributed by atoms with Gasteiger partial charge in [0.25, 0.3) is 11.8 Å². The van der Waals surface area contributed by atoms with Gasteiger partial charge in [-0.2, -0.15) is 0 Å². The Balaban J connectivity index is 1.87. The molecule has 1 aromatic heterocycles. The Morgan fingerprint density at radius 3 is 2.58 bits per heavy atom. The maximum Gasteiger partial charge on any atom is 0.350 e. The number of amides is 2. The van der Waals surface area contributed by atoms with Crippen LogP contribution < -0.4 is 15.6 Å². The van der Waals surface area contributed by atoms with E-state index in [0.29, 0.717) is 21.3 Å². The number of nitrogens with one attached hydrogen (secondary N) is 2. The van der Waals surface area contributed by atoms with E-state index in [1.54, 1.807) is 19.9 Å². The predicted octanol–water partition coefficient (Wildman–Crippen LogP) is 2.04. The summed E-state index contributed by atoms with van der Waals surface area (Å²) in [7, 11) is 1.40. The highest BCUT2D eigenvalue weighted by Gasteiger charge is 2.18. The summed E-state index contributed by atoms with van der Waals surface area (Å²) in [6.45, 7) is 2.89. The lowest BCUT2D eigenvalue weighted by Gasteiger charge is -2.10. The summed E-state index contributed by atoms with van der Waals surface area (Å²) in [4.78, 5) is 40.2. The van der Waals surface area contributed by atoms with Crippen molar-refractivity contribution in [1.29, 1.82) is 0 Å². The van der Waals surface area contributed by atoms with Gasteiger partial charge in [-0.15, -0.1) is 11.3 Å². The summed E-state index contributed by atoms with van der Waals surface area (Å²) in [6.07, 6.45) is 0. The van der Waals surface area contributed by atoms with Crippen LogP contribution in [0.1, 0.15) is 30.7 Å². The number of hydrazine groups is 1. The number of hydrogen-bond acceptors (Lipinski definition) is 7. The van der Waals surface area contributed by atoms with E-state index >= 15 is 0 Å². The van der Waals surface area contributed by atoms with Crippen LogP contribution >= 0.6 is 22.9 Å². The molecule has 0 saturated carbocycles. The summed E-state index contributed by atoms with van der Waals surface area (Å²) in [5.74, 6) is -1.68. The first-order chi connectivity index (χ1) is 12.3. The fourth-order valence-electron chi connectivity index (χ4n) is 2.00. The Labute approximate surface area is 158 Å². The molecule has 2 amide bonds. The number of nitrogens with zero attached hydrogens (tertiary/aromatic N) is 1. The van der Waals surface area contributed by atoms with E-state index in [4.69, 9.17) is 21.1 Å². The van der Waals surface area contributed by atoms with Gasteiger partial charge < -0.3 is 9.47 Å². The van der Waals surface area contributed by atoms with Gasteiger partial charge in [0, 0.05) is 5.02 Å². The standard InChI is InChI=1S/C16H16ClN3O5S/c1-8-14(26-9(2)18-8)16(23)25-7-13(21)19-20-15(22)11-6-10(17)4-5-12(11)24-3/h4-6H,7H2,1-3H3,(H,19,21)(H,20,22). The van der Waals surface area contributed by atoms with Gasteiger partial charge in [0.2, 0.25) is 0 Å². The number of carbonyl (C=O) groups is 3. The van der Waals surface area contributed by atoms with Crippen molar-refractivity contribution in [3.8, 4) is 5.75 Å². The van der Waals surface area contributed by atoms with Gasteiger partial charge in [0.15, 0.2) is 6.61 Å². The fourth-order valence-corrected chi connectivity index (χ4v) is 2.99. The topological polar surface area (TPSA) is 107 Å². The van der Waals surface area contributed by atoms with Gasteiger partial charge in [0.05, 0.1) is 23.4 Å². The summed E-state index contributed by atoms with van der Waals surface area (Å²) in [5.41, 5.74) is 5.04. The minimum Gasteiger partial charge on any atom is -0.496 e. The zero-order valence-corrected chi connectivity index (χ0v) is 15.8. The van der Waals surface area contributed by atoms with E-state index in [0.717, 1.165) is 5.01 Å². The number of hydrogen-bond donors (Lipinski definition) is 2. The molecule has 0 radical (unpaired) electrons. The van der Waals surface area contributed by atoms with Crippen LogP contribution in [0.4, 0.5) is 0 Å². The number of ether oxygens (including phenoxy) is 2. The summed E-state index contributed by atoms with van der Waals surface area (Å²) in [5, 5.41) is 1.06. The quantitative estimate of drug-likeness (QED) is 0.590. The normalized spacial score (nSPS) is 10.2. The molecule has 2 N–H and O–H groups in total. The molecule has 2 aromatic rings. The molecule has 0 fully saturated rings. The number of rotatable bonds is 5. The predicted molar refractivity (Wildman–Crippen MR) is 95.5 cm³/mol. The number of halogens is 1. The molecule has 2 rings (SSSR count). The average molecular weight is 398 g/mol. The van der Waals surface area contributed by atoms with E-state index in [1.165, 1.54) is 30.6 Å². The maximum absolute atomic E-state index is 12.1. The Morgan fingerprint density at radius 2 is 1.96 bits per heavy atom. The third kappa shape index (κ3) is 4.93. The molecule has 26 heavy (non-hydrogen) atoms. The Bertz CT molecular complexity index is 852. The van der Waals surface area contributed by atoms with E-state index in [2.05, 4.69) is 15.8 Å². The number of aryl methyl sites for hydroxylation is 2. The van der Waals surface area contributed by atoms with Crippen molar-refractivity contribution in [2.75, 3.05) is 13.7 Å². The smallest absolute Gasteiger partial charge is 0.350 e. The number of thiazole rings is 1. The van der Waals surface area contributed by atoms with Gasteiger partial charge >= 0.3 is 5.97 Å². The van der Waals surface area contributed by atoms with Crippen LogP contribution in [-0.4, -0.2) is 36.5 Å². The lowest BCUT2D eigenvalue weighted by molar-refractivity contribution is -0.125. The number of aromatic nitrogens is 1. The third-order valence-corrected chi connectivity index (χ3v) is 4.43. The zero-order valence-electron chi connectivity index (χ0n) is 14.2. The number of carbonyl (C=O) groups excluding carboxylic acids is 3. The van der Waals surface area contributed by atoms with E-state index in [-0.39, 0.29) is 5.56 Å². The summed E-state index contributed by atoms with van der Waals surface area (Å²) < 4.78 is 9.97. The molecule has 0 saturated heterocycles. The first-order valence-electron chi connectivity index (χ1n) is 7.35. The van der Waals surface area contributed by atoms with Crippen LogP contribution in [0.2, 0.25) is 5.02 Å². The molecule has 1 aromatic carbocycles. The molecule has 0 aliphatic carbocycles.